The Kier molecular flexibility index (Phi) is 5.88. The third-order valence-electron chi connectivity index (χ3n) is 5.30. The fraction of sp³-hybridized carbons (Fsp3) is 0.500. The smallest absolute Gasteiger partial charge is 0.192 e. The van der Waals surface area contributed by atoms with Crippen molar-refractivity contribution in [2.24, 2.45) is 0 Å². The first-order valence-corrected chi connectivity index (χ1v) is 11.8. The Hall–Kier alpha value is -1.79. The van der Waals surface area contributed by atoms with Crippen LogP contribution in [0.5, 0.6) is 0 Å². The van der Waals surface area contributed by atoms with Gasteiger partial charge >= 0.3 is 0 Å². The van der Waals surface area contributed by atoms with Crippen molar-refractivity contribution < 1.29 is 13.6 Å². The number of benzene rings is 1. The van der Waals surface area contributed by atoms with E-state index in [0.717, 1.165) is 11.3 Å². The van der Waals surface area contributed by atoms with Gasteiger partial charge in [0.1, 0.15) is 11.9 Å². The molecule has 0 spiro atoms. The fourth-order valence-electron chi connectivity index (χ4n) is 2.28. The van der Waals surface area contributed by atoms with Crippen LogP contribution >= 0.6 is 0 Å². The Morgan fingerprint density at radius 3 is 2.35 bits per heavy atom. The first-order valence-electron chi connectivity index (χ1n) is 8.91. The van der Waals surface area contributed by atoms with Gasteiger partial charge in [-0.3, -0.25) is 9.48 Å². The monoisotopic (exact) mass is 376 g/mol. The number of nitrogens with zero attached hydrogens (tertiary/aromatic N) is 2. The van der Waals surface area contributed by atoms with Gasteiger partial charge in [-0.25, -0.2) is 4.39 Å². The van der Waals surface area contributed by atoms with Crippen molar-refractivity contribution in [1.82, 2.24) is 9.78 Å². The summed E-state index contributed by atoms with van der Waals surface area (Å²) in [6.45, 7) is 14.8. The summed E-state index contributed by atoms with van der Waals surface area (Å²) in [6.07, 6.45) is 0. The molecule has 1 aromatic heterocycles. The minimum atomic E-state index is -1.93. The fourth-order valence-corrected chi connectivity index (χ4v) is 3.22. The van der Waals surface area contributed by atoms with Gasteiger partial charge in [0.25, 0.3) is 0 Å². The number of hydrogen-bond acceptors (Lipinski definition) is 3. The Morgan fingerprint density at radius 1 is 1.27 bits per heavy atom. The molecule has 0 aliphatic carbocycles. The topological polar surface area (TPSA) is 44.1 Å². The summed E-state index contributed by atoms with van der Waals surface area (Å²) in [4.78, 5) is 11.9. The zero-order chi connectivity index (χ0) is 19.7. The van der Waals surface area contributed by atoms with Gasteiger partial charge in [0, 0.05) is 5.56 Å². The van der Waals surface area contributed by atoms with Crippen LogP contribution in [-0.4, -0.2) is 23.9 Å². The quantitative estimate of drug-likeness (QED) is 0.637. The molecule has 0 aliphatic rings. The molecule has 1 aromatic carbocycles. The van der Waals surface area contributed by atoms with E-state index in [4.69, 9.17) is 4.43 Å². The summed E-state index contributed by atoms with van der Waals surface area (Å²) in [5, 5.41) is 4.70. The van der Waals surface area contributed by atoms with Gasteiger partial charge in [-0.1, -0.05) is 20.8 Å². The van der Waals surface area contributed by atoms with E-state index in [-0.39, 0.29) is 22.7 Å². The summed E-state index contributed by atoms with van der Waals surface area (Å²) >= 11 is 0. The third-order valence-corrected chi connectivity index (χ3v) is 9.77. The van der Waals surface area contributed by atoms with Crippen molar-refractivity contribution in [3.63, 3.8) is 0 Å². The maximum Gasteiger partial charge on any atom is 0.192 e. The van der Waals surface area contributed by atoms with Crippen LogP contribution in [-0.2, 0) is 15.8 Å². The molecule has 0 saturated carbocycles. The van der Waals surface area contributed by atoms with E-state index in [9.17, 15) is 9.18 Å². The SMILES string of the molecule is CC(=O)C(C)n1nc(-c2ccc(F)cc2)cc1CO[Si](C)(C)C(C)(C)C. The molecular weight excluding hydrogens is 347 g/mol. The highest BCUT2D eigenvalue weighted by atomic mass is 28.4. The second kappa shape index (κ2) is 7.45. The maximum absolute atomic E-state index is 13.2. The molecule has 1 heterocycles. The molecule has 1 atom stereocenters. The van der Waals surface area contributed by atoms with Crippen molar-refractivity contribution in [1.29, 1.82) is 0 Å². The van der Waals surface area contributed by atoms with Crippen LogP contribution in [0, 0.1) is 5.82 Å². The molecule has 0 saturated heterocycles. The van der Waals surface area contributed by atoms with E-state index in [1.165, 1.54) is 12.1 Å². The molecule has 4 nitrogen and oxygen atoms in total. The lowest BCUT2D eigenvalue weighted by Gasteiger charge is -2.36. The molecule has 0 radical (unpaired) electrons. The van der Waals surface area contributed by atoms with Crippen LogP contribution in [0.15, 0.2) is 30.3 Å². The predicted octanol–water partition coefficient (Wildman–Crippen LogP) is 5.36. The number of rotatable bonds is 6. The van der Waals surface area contributed by atoms with E-state index in [0.29, 0.717) is 12.3 Å². The maximum atomic E-state index is 13.2. The van der Waals surface area contributed by atoms with E-state index in [1.807, 2.05) is 13.0 Å². The summed E-state index contributed by atoms with van der Waals surface area (Å²) in [5.41, 5.74) is 2.39. The molecule has 0 amide bonds. The highest BCUT2D eigenvalue weighted by molar-refractivity contribution is 6.74. The Balaban J connectivity index is 2.37. The van der Waals surface area contributed by atoms with Crippen molar-refractivity contribution >= 4 is 14.1 Å². The van der Waals surface area contributed by atoms with Gasteiger partial charge in [-0.05, 0) is 62.3 Å². The average Bonchev–Trinajstić information content (AvgIpc) is 2.96. The van der Waals surface area contributed by atoms with E-state index < -0.39 is 8.32 Å². The van der Waals surface area contributed by atoms with E-state index in [1.54, 1.807) is 23.7 Å². The normalized spacial score (nSPS) is 13.7. The lowest BCUT2D eigenvalue weighted by atomic mass is 10.1. The van der Waals surface area contributed by atoms with E-state index in [2.05, 4.69) is 39.0 Å². The number of carbonyl (C=O) groups excluding carboxylic acids is 1. The zero-order valence-electron chi connectivity index (χ0n) is 16.8. The summed E-state index contributed by atoms with van der Waals surface area (Å²) in [7, 11) is -1.93. The molecule has 142 valence electrons. The minimum absolute atomic E-state index is 0.0346. The molecule has 1 unspecified atom stereocenters. The standard InChI is InChI=1S/C20H29FN2O2Si/c1-14(15(2)24)23-18(13-25-26(6,7)20(3,4)5)12-19(22-23)16-8-10-17(21)11-9-16/h8-12,14H,13H2,1-7H3. The number of ketones is 1. The highest BCUT2D eigenvalue weighted by Crippen LogP contribution is 2.37. The summed E-state index contributed by atoms with van der Waals surface area (Å²) in [5.74, 6) is -0.251. The van der Waals surface area contributed by atoms with Crippen LogP contribution in [0.2, 0.25) is 18.1 Å². The largest absolute Gasteiger partial charge is 0.411 e. The molecule has 6 heteroatoms. The number of hydrogen-bond donors (Lipinski definition) is 0. The van der Waals surface area contributed by atoms with Gasteiger partial charge in [0.05, 0.1) is 18.0 Å². The minimum Gasteiger partial charge on any atom is -0.411 e. The predicted molar refractivity (Wildman–Crippen MR) is 105 cm³/mol. The van der Waals surface area contributed by atoms with Gasteiger partial charge in [0.2, 0.25) is 0 Å². The molecule has 2 aromatic rings. The second-order valence-corrected chi connectivity index (χ2v) is 13.1. The summed E-state index contributed by atoms with van der Waals surface area (Å²) < 4.78 is 21.3. The van der Waals surface area contributed by atoms with E-state index >= 15 is 0 Å². The number of carbonyl (C=O) groups is 1. The first-order chi connectivity index (χ1) is 11.9. The van der Waals surface area contributed by atoms with Crippen molar-refractivity contribution in [3.8, 4) is 11.3 Å². The molecule has 2 rings (SSSR count). The lowest BCUT2D eigenvalue weighted by molar-refractivity contribution is -0.119. The molecular formula is C20H29FN2O2Si. The molecule has 0 aliphatic heterocycles. The lowest BCUT2D eigenvalue weighted by Crippen LogP contribution is -2.40. The number of Topliss-reactive ketones (excluding diaryl/α,β-unsaturated/α-hetero) is 1. The molecule has 0 bridgehead atoms. The first kappa shape index (κ1) is 20.5. The van der Waals surface area contributed by atoms with Gasteiger partial charge in [0.15, 0.2) is 14.1 Å². The molecule has 0 fully saturated rings. The van der Waals surface area contributed by atoms with Crippen LogP contribution in [0.25, 0.3) is 11.3 Å². The van der Waals surface area contributed by atoms with Crippen LogP contribution in [0.4, 0.5) is 4.39 Å². The zero-order valence-corrected chi connectivity index (χ0v) is 17.8. The number of halogens is 1. The third kappa shape index (κ3) is 4.48. The van der Waals surface area contributed by atoms with Gasteiger partial charge < -0.3 is 4.43 Å². The summed E-state index contributed by atoms with van der Waals surface area (Å²) in [6, 6.07) is 7.77. The van der Waals surface area contributed by atoms with Crippen molar-refractivity contribution in [2.75, 3.05) is 0 Å². The second-order valence-electron chi connectivity index (χ2n) is 8.31. The Labute approximate surface area is 156 Å². The van der Waals surface area contributed by atoms with Crippen molar-refractivity contribution in [3.05, 3.63) is 41.8 Å². The Morgan fingerprint density at radius 2 is 1.85 bits per heavy atom. The number of aromatic nitrogens is 2. The van der Waals surface area contributed by atoms with Crippen molar-refractivity contribution in [2.45, 2.75) is 65.4 Å². The Bertz CT molecular complexity index is 776. The van der Waals surface area contributed by atoms with Crippen LogP contribution in [0.1, 0.15) is 46.4 Å². The molecule has 0 N–H and O–H groups in total. The van der Waals surface area contributed by atoms with Crippen LogP contribution < -0.4 is 0 Å². The van der Waals surface area contributed by atoms with Gasteiger partial charge in [-0.2, -0.15) is 5.10 Å². The highest BCUT2D eigenvalue weighted by Gasteiger charge is 2.37. The van der Waals surface area contributed by atoms with Crippen LogP contribution in [0.3, 0.4) is 0 Å². The molecule has 26 heavy (non-hydrogen) atoms. The van der Waals surface area contributed by atoms with Gasteiger partial charge in [-0.15, -0.1) is 0 Å². The average molecular weight is 377 g/mol.